The third-order valence-electron chi connectivity index (χ3n) is 4.19. The van der Waals surface area contributed by atoms with Gasteiger partial charge in [-0.05, 0) is 25.2 Å². The normalized spacial score (nSPS) is 23.5. The molecule has 2 aliphatic heterocycles. The van der Waals surface area contributed by atoms with Gasteiger partial charge in [0.15, 0.2) is 0 Å². The Morgan fingerprint density at radius 2 is 2.00 bits per heavy atom. The minimum absolute atomic E-state index is 0.142. The second-order valence-corrected chi connectivity index (χ2v) is 6.16. The lowest BCUT2D eigenvalue weighted by molar-refractivity contribution is 0.0947. The molecule has 2 N–H and O–H groups in total. The van der Waals surface area contributed by atoms with Crippen molar-refractivity contribution < 1.29 is 4.79 Å². The highest BCUT2D eigenvalue weighted by molar-refractivity contribution is 6.05. The summed E-state index contributed by atoms with van der Waals surface area (Å²) in [6.45, 7) is 10.4. The van der Waals surface area contributed by atoms with Gasteiger partial charge in [-0.25, -0.2) is 4.79 Å². The molecule has 0 aromatic heterocycles. The van der Waals surface area contributed by atoms with Crippen molar-refractivity contribution in [3.05, 3.63) is 0 Å². The number of rotatable bonds is 4. The van der Waals surface area contributed by atoms with Crippen molar-refractivity contribution in [2.75, 3.05) is 26.2 Å². The van der Waals surface area contributed by atoms with E-state index in [-0.39, 0.29) is 11.6 Å². The van der Waals surface area contributed by atoms with E-state index in [1.807, 2.05) is 4.90 Å². The molecule has 0 bridgehead atoms. The number of hydrogen-bond donors (Lipinski definition) is 1. The lowest BCUT2D eigenvalue weighted by atomic mass is 9.85. The fraction of sp³-hybridized carbons (Fsp3) is 0.857. The first-order chi connectivity index (χ1) is 8.99. The second kappa shape index (κ2) is 5.49. The summed E-state index contributed by atoms with van der Waals surface area (Å²) >= 11 is 0. The van der Waals surface area contributed by atoms with E-state index in [0.29, 0.717) is 11.8 Å². The summed E-state index contributed by atoms with van der Waals surface area (Å²) in [4.78, 5) is 20.3. The molecule has 2 amide bonds. The van der Waals surface area contributed by atoms with Gasteiger partial charge in [0.1, 0.15) is 11.4 Å². The number of carbonyl (C=O) groups excluding carboxylic acids is 1. The number of amidine groups is 1. The zero-order valence-corrected chi connectivity index (χ0v) is 12.4. The smallest absolute Gasteiger partial charge is 0.346 e. The van der Waals surface area contributed by atoms with Crippen molar-refractivity contribution in [3.63, 3.8) is 0 Å². The van der Waals surface area contributed by atoms with Crippen LogP contribution in [0, 0.1) is 5.92 Å². The van der Waals surface area contributed by atoms with Gasteiger partial charge in [0.2, 0.25) is 0 Å². The Labute approximate surface area is 115 Å². The standard InChI is InChI=1S/C14H26N4O/c1-4-7-18-13(19)16-12(15)14(18)5-8-17(9-6-14)10-11(2)3/h11H,4-10H2,1-3H3,(H2,15,16,19). The zero-order valence-electron chi connectivity index (χ0n) is 12.4. The van der Waals surface area contributed by atoms with Crippen LogP contribution in [0.15, 0.2) is 4.99 Å². The van der Waals surface area contributed by atoms with Crippen LogP contribution in [-0.2, 0) is 0 Å². The summed E-state index contributed by atoms with van der Waals surface area (Å²) in [5, 5.41) is 0. The topological polar surface area (TPSA) is 61.9 Å². The van der Waals surface area contributed by atoms with Gasteiger partial charge in [-0.3, -0.25) is 0 Å². The third kappa shape index (κ3) is 2.61. The lowest BCUT2D eigenvalue weighted by Gasteiger charge is -2.44. The average Bonchev–Trinajstić information content (AvgIpc) is 2.57. The van der Waals surface area contributed by atoms with Crippen LogP contribution < -0.4 is 5.73 Å². The van der Waals surface area contributed by atoms with Gasteiger partial charge in [0.25, 0.3) is 0 Å². The Morgan fingerprint density at radius 3 is 2.53 bits per heavy atom. The highest BCUT2D eigenvalue weighted by atomic mass is 16.2. The summed E-state index contributed by atoms with van der Waals surface area (Å²) in [6, 6.07) is -0.142. The minimum atomic E-state index is -0.291. The van der Waals surface area contributed by atoms with Gasteiger partial charge < -0.3 is 15.5 Å². The van der Waals surface area contributed by atoms with E-state index in [1.54, 1.807) is 0 Å². The number of urea groups is 1. The van der Waals surface area contributed by atoms with Crippen LogP contribution in [-0.4, -0.2) is 53.4 Å². The van der Waals surface area contributed by atoms with Gasteiger partial charge in [-0.15, -0.1) is 0 Å². The van der Waals surface area contributed by atoms with Crippen molar-refractivity contribution >= 4 is 11.9 Å². The molecule has 0 saturated carbocycles. The summed E-state index contributed by atoms with van der Waals surface area (Å²) in [7, 11) is 0. The first-order valence-corrected chi connectivity index (χ1v) is 7.38. The number of aliphatic imine (C=N–C) groups is 1. The quantitative estimate of drug-likeness (QED) is 0.842. The lowest BCUT2D eigenvalue weighted by Crippen LogP contribution is -2.60. The maximum Gasteiger partial charge on any atom is 0.346 e. The van der Waals surface area contributed by atoms with Gasteiger partial charge in [-0.2, -0.15) is 4.99 Å². The molecule has 5 nitrogen and oxygen atoms in total. The highest BCUT2D eigenvalue weighted by Gasteiger charge is 2.49. The van der Waals surface area contributed by atoms with Crippen LogP contribution in [0.5, 0.6) is 0 Å². The molecule has 5 heteroatoms. The Bertz CT molecular complexity index is 370. The van der Waals surface area contributed by atoms with Crippen LogP contribution in [0.4, 0.5) is 4.79 Å². The van der Waals surface area contributed by atoms with Crippen LogP contribution >= 0.6 is 0 Å². The van der Waals surface area contributed by atoms with E-state index in [2.05, 4.69) is 30.7 Å². The molecule has 2 rings (SSSR count). The van der Waals surface area contributed by atoms with Crippen molar-refractivity contribution in [2.45, 2.75) is 45.6 Å². The van der Waals surface area contributed by atoms with Crippen molar-refractivity contribution in [1.82, 2.24) is 9.80 Å². The van der Waals surface area contributed by atoms with Crippen molar-refractivity contribution in [3.8, 4) is 0 Å². The van der Waals surface area contributed by atoms with Crippen LogP contribution in [0.25, 0.3) is 0 Å². The minimum Gasteiger partial charge on any atom is -0.385 e. The van der Waals surface area contributed by atoms with E-state index >= 15 is 0 Å². The molecule has 108 valence electrons. The number of nitrogens with two attached hydrogens (primary N) is 1. The Kier molecular flexibility index (Phi) is 4.13. The molecule has 2 heterocycles. The first-order valence-electron chi connectivity index (χ1n) is 7.38. The maximum atomic E-state index is 12.0. The third-order valence-corrected chi connectivity index (χ3v) is 4.19. The number of likely N-dealkylation sites (tertiary alicyclic amines) is 1. The van der Waals surface area contributed by atoms with Gasteiger partial charge in [0, 0.05) is 26.2 Å². The summed E-state index contributed by atoms with van der Waals surface area (Å²) in [5.41, 5.74) is 5.78. The molecular weight excluding hydrogens is 240 g/mol. The zero-order chi connectivity index (χ0) is 14.0. The molecular formula is C14H26N4O. The fourth-order valence-electron chi connectivity index (χ4n) is 3.27. The van der Waals surface area contributed by atoms with Crippen LogP contribution in [0.1, 0.15) is 40.0 Å². The number of carbonyl (C=O) groups is 1. The average molecular weight is 266 g/mol. The van der Waals surface area contributed by atoms with Crippen LogP contribution in [0.2, 0.25) is 0 Å². The summed E-state index contributed by atoms with van der Waals surface area (Å²) < 4.78 is 0. The van der Waals surface area contributed by atoms with Gasteiger partial charge in [-0.1, -0.05) is 20.8 Å². The van der Waals surface area contributed by atoms with E-state index < -0.39 is 0 Å². The highest BCUT2D eigenvalue weighted by Crippen LogP contribution is 2.34. The molecule has 0 aromatic carbocycles. The molecule has 0 aliphatic carbocycles. The van der Waals surface area contributed by atoms with Crippen molar-refractivity contribution in [1.29, 1.82) is 0 Å². The molecule has 0 aromatic rings. The number of nitrogens with zero attached hydrogens (tertiary/aromatic N) is 3. The summed E-state index contributed by atoms with van der Waals surface area (Å²) in [6.07, 6.45) is 2.79. The van der Waals surface area contributed by atoms with Crippen molar-refractivity contribution in [2.24, 2.45) is 16.6 Å². The Balaban J connectivity index is 2.07. The first kappa shape index (κ1) is 14.3. The number of amides is 2. The molecule has 19 heavy (non-hydrogen) atoms. The molecule has 0 radical (unpaired) electrons. The molecule has 1 spiro atoms. The second-order valence-electron chi connectivity index (χ2n) is 6.16. The predicted octanol–water partition coefficient (Wildman–Crippen LogP) is 1.68. The van der Waals surface area contributed by atoms with E-state index in [0.717, 1.165) is 45.4 Å². The maximum absolute atomic E-state index is 12.0. The number of piperidine rings is 1. The SMILES string of the molecule is CCCN1C(=O)N=C(N)C12CCN(CC(C)C)CC2. The van der Waals surface area contributed by atoms with Crippen LogP contribution in [0.3, 0.4) is 0 Å². The molecule has 1 fully saturated rings. The molecule has 2 aliphatic rings. The fourth-order valence-corrected chi connectivity index (χ4v) is 3.27. The Hall–Kier alpha value is -1.10. The number of hydrogen-bond acceptors (Lipinski definition) is 3. The molecule has 0 atom stereocenters. The van der Waals surface area contributed by atoms with E-state index in [9.17, 15) is 4.79 Å². The van der Waals surface area contributed by atoms with Gasteiger partial charge >= 0.3 is 6.03 Å². The molecule has 0 unspecified atom stereocenters. The Morgan fingerprint density at radius 1 is 1.37 bits per heavy atom. The van der Waals surface area contributed by atoms with E-state index in [4.69, 9.17) is 5.73 Å². The predicted molar refractivity (Wildman–Crippen MR) is 77.3 cm³/mol. The summed E-state index contributed by atoms with van der Waals surface area (Å²) in [5.74, 6) is 1.21. The van der Waals surface area contributed by atoms with E-state index in [1.165, 1.54) is 0 Å². The van der Waals surface area contributed by atoms with Gasteiger partial charge in [0.05, 0.1) is 0 Å². The monoisotopic (exact) mass is 266 g/mol. The molecule has 1 saturated heterocycles. The largest absolute Gasteiger partial charge is 0.385 e.